The summed E-state index contributed by atoms with van der Waals surface area (Å²) in [5.41, 5.74) is 0.697. The number of cyclic esters (lactones) is 2. The molecule has 0 bridgehead atoms. The lowest BCUT2D eigenvalue weighted by Gasteiger charge is -2.33. The average molecular weight is 319 g/mol. The van der Waals surface area contributed by atoms with Gasteiger partial charge < -0.3 is 19.5 Å². The van der Waals surface area contributed by atoms with Crippen molar-refractivity contribution >= 4 is 12.1 Å². The molecule has 6 heteroatoms. The van der Waals surface area contributed by atoms with Gasteiger partial charge >= 0.3 is 12.1 Å². The Labute approximate surface area is 135 Å². The van der Waals surface area contributed by atoms with Crippen molar-refractivity contribution in [2.24, 2.45) is 5.41 Å². The van der Waals surface area contributed by atoms with E-state index in [4.69, 9.17) is 14.2 Å². The second-order valence-corrected chi connectivity index (χ2v) is 6.71. The van der Waals surface area contributed by atoms with E-state index in [0.717, 1.165) is 5.56 Å². The fourth-order valence-electron chi connectivity index (χ4n) is 2.89. The third kappa shape index (κ3) is 3.64. The predicted octanol–water partition coefficient (Wildman–Crippen LogP) is 2.02. The van der Waals surface area contributed by atoms with Gasteiger partial charge in [0.2, 0.25) is 6.29 Å². The highest BCUT2D eigenvalue weighted by Crippen LogP contribution is 2.33. The van der Waals surface area contributed by atoms with E-state index in [1.54, 1.807) is 0 Å². The summed E-state index contributed by atoms with van der Waals surface area (Å²) in [7, 11) is 0. The van der Waals surface area contributed by atoms with Gasteiger partial charge in [0.1, 0.15) is 0 Å². The number of hydrogen-bond acceptors (Lipinski definition) is 5. The molecule has 1 amide bonds. The Morgan fingerprint density at radius 3 is 2.65 bits per heavy atom. The molecular weight excluding hydrogens is 298 g/mol. The topological polar surface area (TPSA) is 73.9 Å². The quantitative estimate of drug-likeness (QED) is 0.860. The fourth-order valence-corrected chi connectivity index (χ4v) is 2.89. The second-order valence-electron chi connectivity index (χ2n) is 6.71. The Kier molecular flexibility index (Phi) is 4.26. The normalized spacial score (nSPS) is 29.6. The van der Waals surface area contributed by atoms with Crippen LogP contribution in [-0.2, 0) is 25.4 Å². The highest BCUT2D eigenvalue weighted by Gasteiger charge is 2.47. The van der Waals surface area contributed by atoms with Crippen LogP contribution in [-0.4, -0.2) is 37.1 Å². The van der Waals surface area contributed by atoms with Crippen molar-refractivity contribution in [2.45, 2.75) is 45.1 Å². The van der Waals surface area contributed by atoms with E-state index in [1.165, 1.54) is 0 Å². The van der Waals surface area contributed by atoms with Crippen molar-refractivity contribution in [1.29, 1.82) is 0 Å². The van der Waals surface area contributed by atoms with Gasteiger partial charge in [0, 0.05) is 17.9 Å². The molecule has 2 saturated heterocycles. The Bertz CT molecular complexity index is 586. The number of nitrogens with one attached hydrogen (secondary N) is 1. The van der Waals surface area contributed by atoms with Crippen molar-refractivity contribution in [3.8, 4) is 0 Å². The van der Waals surface area contributed by atoms with Crippen molar-refractivity contribution < 1.29 is 23.8 Å². The molecule has 0 radical (unpaired) electrons. The van der Waals surface area contributed by atoms with E-state index in [2.05, 4.69) is 5.32 Å². The fraction of sp³-hybridized carbons (Fsp3) is 0.529. The van der Waals surface area contributed by atoms with E-state index in [9.17, 15) is 9.59 Å². The highest BCUT2D eigenvalue weighted by molar-refractivity contribution is 5.78. The molecule has 1 aromatic rings. The number of amides is 1. The first kappa shape index (κ1) is 15.8. The zero-order valence-electron chi connectivity index (χ0n) is 13.3. The van der Waals surface area contributed by atoms with Crippen molar-refractivity contribution in [3.63, 3.8) is 0 Å². The monoisotopic (exact) mass is 319 g/mol. The van der Waals surface area contributed by atoms with Crippen LogP contribution in [0.2, 0.25) is 0 Å². The lowest BCUT2D eigenvalue weighted by Crippen LogP contribution is -2.49. The lowest BCUT2D eigenvalue weighted by molar-refractivity contribution is -0.183. The maximum absolute atomic E-state index is 11.8. The number of carbonyl (C=O) groups excluding carboxylic acids is 2. The molecule has 0 spiro atoms. The summed E-state index contributed by atoms with van der Waals surface area (Å²) in [6.07, 6.45) is -0.802. The first-order chi connectivity index (χ1) is 10.9. The van der Waals surface area contributed by atoms with E-state index in [1.807, 2.05) is 44.2 Å². The van der Waals surface area contributed by atoms with Crippen LogP contribution < -0.4 is 5.32 Å². The zero-order valence-corrected chi connectivity index (χ0v) is 13.3. The van der Waals surface area contributed by atoms with Gasteiger partial charge in [-0.3, -0.25) is 0 Å². The van der Waals surface area contributed by atoms with Crippen molar-refractivity contribution in [1.82, 2.24) is 5.32 Å². The second kappa shape index (κ2) is 6.20. The van der Waals surface area contributed by atoms with Crippen LogP contribution >= 0.6 is 0 Å². The number of benzene rings is 1. The molecule has 23 heavy (non-hydrogen) atoms. The molecule has 0 aromatic heterocycles. The molecule has 6 nitrogen and oxygen atoms in total. The summed E-state index contributed by atoms with van der Waals surface area (Å²) in [4.78, 5) is 23.6. The van der Waals surface area contributed by atoms with Gasteiger partial charge in [0.05, 0.1) is 6.61 Å². The first-order valence-corrected chi connectivity index (χ1v) is 7.77. The van der Waals surface area contributed by atoms with Crippen LogP contribution in [0, 0.1) is 5.41 Å². The molecule has 2 aliphatic rings. The van der Waals surface area contributed by atoms with Crippen LogP contribution in [0.3, 0.4) is 0 Å². The van der Waals surface area contributed by atoms with E-state index in [0.29, 0.717) is 19.4 Å². The van der Waals surface area contributed by atoms with Gasteiger partial charge in [0.15, 0.2) is 6.10 Å². The summed E-state index contributed by atoms with van der Waals surface area (Å²) in [5.74, 6) is -0.399. The van der Waals surface area contributed by atoms with Crippen LogP contribution in [0.15, 0.2) is 30.3 Å². The Hall–Kier alpha value is -2.08. The van der Waals surface area contributed by atoms with E-state index < -0.39 is 29.9 Å². The molecule has 0 unspecified atom stereocenters. The van der Waals surface area contributed by atoms with Crippen LogP contribution in [0.5, 0.6) is 0 Å². The summed E-state index contributed by atoms with van der Waals surface area (Å²) in [6, 6.07) is 9.79. The smallest absolute Gasteiger partial charge is 0.409 e. The number of alkyl carbamates (subject to hydrolysis) is 1. The average Bonchev–Trinajstić information content (AvgIpc) is 2.75. The number of rotatable bonds is 4. The lowest BCUT2D eigenvalue weighted by atomic mass is 9.89. The molecule has 2 fully saturated rings. The molecule has 2 heterocycles. The van der Waals surface area contributed by atoms with Crippen LogP contribution in [0.25, 0.3) is 0 Å². The van der Waals surface area contributed by atoms with Gasteiger partial charge in [-0.25, -0.2) is 9.59 Å². The molecule has 3 rings (SSSR count). The summed E-state index contributed by atoms with van der Waals surface area (Å²) in [5, 5.41) is 2.79. The minimum Gasteiger partial charge on any atom is -0.463 e. The Morgan fingerprint density at radius 2 is 2.00 bits per heavy atom. The van der Waals surface area contributed by atoms with Crippen LogP contribution in [0.1, 0.15) is 25.8 Å². The Balaban J connectivity index is 1.64. The third-order valence-electron chi connectivity index (χ3n) is 4.16. The number of esters is 1. The van der Waals surface area contributed by atoms with Gasteiger partial charge in [-0.05, 0) is 12.0 Å². The molecule has 0 aliphatic carbocycles. The molecule has 3 atom stereocenters. The molecule has 1 N–H and O–H groups in total. The number of carbonyl (C=O) groups is 2. The molecule has 124 valence electrons. The third-order valence-corrected chi connectivity index (χ3v) is 4.16. The Morgan fingerprint density at radius 1 is 1.26 bits per heavy atom. The first-order valence-electron chi connectivity index (χ1n) is 7.77. The number of hydrogen-bond donors (Lipinski definition) is 1. The summed E-state index contributed by atoms with van der Waals surface area (Å²) in [6.45, 7) is 4.10. The summed E-state index contributed by atoms with van der Waals surface area (Å²) >= 11 is 0. The zero-order chi connectivity index (χ0) is 16.4. The van der Waals surface area contributed by atoms with Gasteiger partial charge in [-0.15, -0.1) is 0 Å². The molecular formula is C17H21NO5. The van der Waals surface area contributed by atoms with Crippen molar-refractivity contribution in [2.75, 3.05) is 6.61 Å². The minimum absolute atomic E-state index is 0.0933. The maximum Gasteiger partial charge on any atom is 0.409 e. The minimum atomic E-state index is -0.743. The predicted molar refractivity (Wildman–Crippen MR) is 81.6 cm³/mol. The highest BCUT2D eigenvalue weighted by atomic mass is 16.7. The largest absolute Gasteiger partial charge is 0.463 e. The molecule has 1 aromatic carbocycles. The maximum atomic E-state index is 11.8. The van der Waals surface area contributed by atoms with E-state index >= 15 is 0 Å². The van der Waals surface area contributed by atoms with Crippen molar-refractivity contribution in [3.05, 3.63) is 35.9 Å². The molecule has 2 aliphatic heterocycles. The molecule has 0 saturated carbocycles. The summed E-state index contributed by atoms with van der Waals surface area (Å²) < 4.78 is 16.0. The number of ether oxygens (including phenoxy) is 3. The van der Waals surface area contributed by atoms with Gasteiger partial charge in [-0.1, -0.05) is 44.2 Å². The van der Waals surface area contributed by atoms with Gasteiger partial charge in [-0.2, -0.15) is 0 Å². The standard InChI is InChI=1S/C17H21NO5/c1-17(2)10-21-15(19)14(17)22-13-9-12(18-16(20)23-13)8-11-6-4-3-5-7-11/h3-7,12-14H,8-10H2,1-2H3,(H,18,20)/t12-,13+,14-/m0/s1. The van der Waals surface area contributed by atoms with Crippen LogP contribution in [0.4, 0.5) is 4.79 Å². The SMILES string of the molecule is CC1(C)COC(=O)[C@@H]1O[C@H]1C[C@H](Cc2ccccc2)NC(=O)O1. The van der Waals surface area contributed by atoms with Gasteiger partial charge in [0.25, 0.3) is 0 Å². The van der Waals surface area contributed by atoms with E-state index in [-0.39, 0.29) is 6.04 Å².